The van der Waals surface area contributed by atoms with E-state index in [4.69, 9.17) is 9.47 Å². The van der Waals surface area contributed by atoms with Gasteiger partial charge in [0, 0.05) is 11.1 Å². The van der Waals surface area contributed by atoms with Gasteiger partial charge < -0.3 is 9.47 Å². The van der Waals surface area contributed by atoms with Crippen LogP contribution in [-0.4, -0.2) is 19.3 Å². The second kappa shape index (κ2) is 6.47. The molecule has 2 rings (SSSR count). The number of hydrogen-bond acceptors (Lipinski definition) is 2. The first-order valence-corrected chi connectivity index (χ1v) is 6.67. The van der Waals surface area contributed by atoms with E-state index in [1.54, 1.807) is 0 Å². The van der Waals surface area contributed by atoms with E-state index in [2.05, 4.69) is 15.9 Å². The summed E-state index contributed by atoms with van der Waals surface area (Å²) >= 11 is 3.26. The van der Waals surface area contributed by atoms with Crippen LogP contribution < -0.4 is 0 Å². The summed E-state index contributed by atoms with van der Waals surface area (Å²) in [6.07, 6.45) is 3.63. The first-order valence-electron chi connectivity index (χ1n) is 5.88. The van der Waals surface area contributed by atoms with Gasteiger partial charge >= 0.3 is 0 Å². The second-order valence-corrected chi connectivity index (χ2v) is 5.20. The maximum absolute atomic E-state index is 13.1. The Bertz CT molecular complexity index is 344. The van der Waals surface area contributed by atoms with Gasteiger partial charge in [0.15, 0.2) is 0 Å². The van der Waals surface area contributed by atoms with Crippen molar-refractivity contribution in [1.82, 2.24) is 0 Å². The molecule has 17 heavy (non-hydrogen) atoms. The number of halogens is 2. The standard InChI is InChI=1S/C13H16BrFO2/c14-11-5-10(6-12(15)7-11)8-16-9-13-3-1-2-4-17-13/h5-7,13H,1-4,8-9H2. The lowest BCUT2D eigenvalue weighted by atomic mass is 10.1. The molecule has 0 saturated carbocycles. The average molecular weight is 303 g/mol. The van der Waals surface area contributed by atoms with Crippen LogP contribution in [0.5, 0.6) is 0 Å². The largest absolute Gasteiger partial charge is 0.376 e. The zero-order valence-electron chi connectivity index (χ0n) is 9.62. The molecule has 0 radical (unpaired) electrons. The molecule has 0 bridgehead atoms. The summed E-state index contributed by atoms with van der Waals surface area (Å²) in [5.74, 6) is -0.244. The van der Waals surface area contributed by atoms with Crippen LogP contribution in [0.15, 0.2) is 22.7 Å². The molecule has 1 aromatic rings. The molecule has 0 amide bonds. The summed E-state index contributed by atoms with van der Waals surface area (Å²) in [6, 6.07) is 4.80. The highest BCUT2D eigenvalue weighted by Crippen LogP contribution is 2.17. The van der Waals surface area contributed by atoms with Gasteiger partial charge in [-0.25, -0.2) is 4.39 Å². The molecule has 1 saturated heterocycles. The molecule has 0 spiro atoms. The van der Waals surface area contributed by atoms with E-state index in [0.29, 0.717) is 13.2 Å². The third-order valence-electron chi connectivity index (χ3n) is 2.77. The van der Waals surface area contributed by atoms with Crippen LogP contribution >= 0.6 is 15.9 Å². The van der Waals surface area contributed by atoms with Gasteiger partial charge in [0.05, 0.1) is 19.3 Å². The molecule has 4 heteroatoms. The molecule has 1 unspecified atom stereocenters. The van der Waals surface area contributed by atoms with Crippen molar-refractivity contribution >= 4 is 15.9 Å². The van der Waals surface area contributed by atoms with E-state index in [1.165, 1.54) is 18.6 Å². The van der Waals surface area contributed by atoms with Gasteiger partial charge in [0.1, 0.15) is 5.82 Å². The monoisotopic (exact) mass is 302 g/mol. The van der Waals surface area contributed by atoms with E-state index >= 15 is 0 Å². The molecule has 1 aromatic carbocycles. The van der Waals surface area contributed by atoms with Crippen LogP contribution in [0, 0.1) is 5.82 Å². The Kier molecular flexibility index (Phi) is 4.95. The predicted octanol–water partition coefficient (Wildman–Crippen LogP) is 3.67. The molecule has 0 N–H and O–H groups in total. The Morgan fingerprint density at radius 2 is 2.24 bits per heavy atom. The minimum Gasteiger partial charge on any atom is -0.376 e. The van der Waals surface area contributed by atoms with E-state index in [-0.39, 0.29) is 11.9 Å². The van der Waals surface area contributed by atoms with Crippen molar-refractivity contribution in [3.8, 4) is 0 Å². The molecule has 1 atom stereocenters. The first-order chi connectivity index (χ1) is 8.24. The van der Waals surface area contributed by atoms with Crippen LogP contribution in [0.1, 0.15) is 24.8 Å². The lowest BCUT2D eigenvalue weighted by molar-refractivity contribution is -0.0447. The summed E-state index contributed by atoms with van der Waals surface area (Å²) in [4.78, 5) is 0. The zero-order chi connectivity index (χ0) is 12.1. The van der Waals surface area contributed by atoms with Crippen molar-refractivity contribution in [1.29, 1.82) is 0 Å². The van der Waals surface area contributed by atoms with Crippen LogP contribution in [0.4, 0.5) is 4.39 Å². The third kappa shape index (κ3) is 4.37. The quantitative estimate of drug-likeness (QED) is 0.845. The number of ether oxygens (including phenoxy) is 2. The number of benzene rings is 1. The van der Waals surface area contributed by atoms with Gasteiger partial charge in [-0.3, -0.25) is 0 Å². The van der Waals surface area contributed by atoms with Gasteiger partial charge in [-0.05, 0) is 43.0 Å². The average Bonchev–Trinajstić information content (AvgIpc) is 2.29. The molecule has 1 heterocycles. The Hall–Kier alpha value is -0.450. The van der Waals surface area contributed by atoms with Crippen molar-refractivity contribution in [2.24, 2.45) is 0 Å². The molecule has 1 aliphatic rings. The normalized spacial score (nSPS) is 20.5. The van der Waals surface area contributed by atoms with Crippen molar-refractivity contribution in [3.05, 3.63) is 34.1 Å². The molecular formula is C13H16BrFO2. The van der Waals surface area contributed by atoms with Gasteiger partial charge in [-0.2, -0.15) is 0 Å². The van der Waals surface area contributed by atoms with E-state index in [1.807, 2.05) is 6.07 Å². The molecule has 0 aromatic heterocycles. The van der Waals surface area contributed by atoms with Crippen molar-refractivity contribution in [2.45, 2.75) is 32.0 Å². The van der Waals surface area contributed by atoms with Crippen LogP contribution in [0.3, 0.4) is 0 Å². The van der Waals surface area contributed by atoms with Crippen molar-refractivity contribution in [3.63, 3.8) is 0 Å². The van der Waals surface area contributed by atoms with Crippen LogP contribution in [0.25, 0.3) is 0 Å². The van der Waals surface area contributed by atoms with Gasteiger partial charge in [0.25, 0.3) is 0 Å². The maximum atomic E-state index is 13.1. The first kappa shape index (κ1) is 13.0. The summed E-state index contributed by atoms with van der Waals surface area (Å²) < 4.78 is 25.0. The Labute approximate surface area is 109 Å². The van der Waals surface area contributed by atoms with Crippen molar-refractivity contribution in [2.75, 3.05) is 13.2 Å². The highest BCUT2D eigenvalue weighted by atomic mass is 79.9. The highest BCUT2D eigenvalue weighted by Gasteiger charge is 2.13. The predicted molar refractivity (Wildman–Crippen MR) is 67.3 cm³/mol. The highest BCUT2D eigenvalue weighted by molar-refractivity contribution is 9.10. The molecule has 2 nitrogen and oxygen atoms in total. The van der Waals surface area contributed by atoms with Gasteiger partial charge in [-0.1, -0.05) is 15.9 Å². The fourth-order valence-electron chi connectivity index (χ4n) is 1.94. The summed E-state index contributed by atoms with van der Waals surface area (Å²) in [5.41, 5.74) is 0.840. The van der Waals surface area contributed by atoms with Gasteiger partial charge in [0.2, 0.25) is 0 Å². The lowest BCUT2D eigenvalue weighted by Gasteiger charge is -2.22. The minimum atomic E-state index is -0.244. The molecule has 0 aliphatic carbocycles. The SMILES string of the molecule is Fc1cc(Br)cc(COCC2CCCCO2)c1. The molecule has 1 fully saturated rings. The van der Waals surface area contributed by atoms with Crippen LogP contribution in [-0.2, 0) is 16.1 Å². The second-order valence-electron chi connectivity index (χ2n) is 4.28. The molecule has 94 valence electrons. The lowest BCUT2D eigenvalue weighted by Crippen LogP contribution is -2.24. The fraction of sp³-hybridized carbons (Fsp3) is 0.538. The molecule has 1 aliphatic heterocycles. The summed E-state index contributed by atoms with van der Waals surface area (Å²) in [6.45, 7) is 1.85. The Morgan fingerprint density at radius 1 is 1.35 bits per heavy atom. The van der Waals surface area contributed by atoms with Crippen molar-refractivity contribution < 1.29 is 13.9 Å². The fourth-order valence-corrected chi connectivity index (χ4v) is 2.45. The Balaban J connectivity index is 1.77. The smallest absolute Gasteiger partial charge is 0.124 e. The van der Waals surface area contributed by atoms with Crippen LogP contribution in [0.2, 0.25) is 0 Å². The minimum absolute atomic E-state index is 0.209. The van der Waals surface area contributed by atoms with E-state index in [9.17, 15) is 4.39 Å². The maximum Gasteiger partial charge on any atom is 0.124 e. The topological polar surface area (TPSA) is 18.5 Å². The van der Waals surface area contributed by atoms with E-state index in [0.717, 1.165) is 29.5 Å². The third-order valence-corrected chi connectivity index (χ3v) is 3.23. The van der Waals surface area contributed by atoms with E-state index < -0.39 is 0 Å². The summed E-state index contributed by atoms with van der Waals surface area (Å²) in [7, 11) is 0. The Morgan fingerprint density at radius 3 is 2.94 bits per heavy atom. The summed E-state index contributed by atoms with van der Waals surface area (Å²) in [5, 5.41) is 0. The zero-order valence-corrected chi connectivity index (χ0v) is 11.2. The number of hydrogen-bond donors (Lipinski definition) is 0. The van der Waals surface area contributed by atoms with Gasteiger partial charge in [-0.15, -0.1) is 0 Å². The number of rotatable bonds is 4. The molecular weight excluding hydrogens is 287 g/mol.